The zero-order valence-electron chi connectivity index (χ0n) is 4.18. The maximum absolute atomic E-state index is 3.62. The minimum Gasteiger partial charge on any atom is -0.310 e. The van der Waals surface area contributed by atoms with Gasteiger partial charge in [0.2, 0.25) is 0 Å². The van der Waals surface area contributed by atoms with Crippen LogP contribution < -0.4 is 5.32 Å². The van der Waals surface area contributed by atoms with Crippen molar-refractivity contribution >= 4 is 12.4 Å². The lowest BCUT2D eigenvalue weighted by atomic mass is 10.1. The van der Waals surface area contributed by atoms with Crippen molar-refractivity contribution in [2.75, 3.05) is 6.54 Å². The number of hydrogen-bond acceptors (Lipinski definition) is 1. The summed E-state index contributed by atoms with van der Waals surface area (Å²) < 4.78 is 0. The molecule has 1 aliphatic heterocycles. The summed E-state index contributed by atoms with van der Waals surface area (Å²) in [4.78, 5) is 0. The molecule has 1 fully saturated rings. The second kappa shape index (κ2) is 3.05. The Kier molecular flexibility index (Phi) is 3.05. The number of halogens is 1. The Hall–Kier alpha value is -0.0100. The van der Waals surface area contributed by atoms with Gasteiger partial charge in [0.25, 0.3) is 0 Å². The zero-order valence-corrected chi connectivity index (χ0v) is 5.00. The summed E-state index contributed by atoms with van der Waals surface area (Å²) in [6, 6.07) is 0.630. The molecule has 1 atom stereocenters. The fraction of sp³-hybridized carbons (Fsp3) is 0.600. The highest BCUT2D eigenvalue weighted by Gasteiger charge is 2.09. The molecule has 0 radical (unpaired) electrons. The van der Waals surface area contributed by atoms with E-state index in [1.807, 2.05) is 6.08 Å². The van der Waals surface area contributed by atoms with E-state index in [9.17, 15) is 0 Å². The van der Waals surface area contributed by atoms with Crippen LogP contribution in [0, 0.1) is 0 Å². The highest BCUT2D eigenvalue weighted by atomic mass is 35.5. The summed E-state index contributed by atoms with van der Waals surface area (Å²) in [6.07, 6.45) is 3.23. The van der Waals surface area contributed by atoms with Gasteiger partial charge >= 0.3 is 0 Å². The van der Waals surface area contributed by atoms with E-state index < -0.39 is 0 Å². The molecule has 2 heteroatoms. The third-order valence-electron chi connectivity index (χ3n) is 1.15. The van der Waals surface area contributed by atoms with Gasteiger partial charge in [-0.1, -0.05) is 6.08 Å². The molecule has 0 aliphatic carbocycles. The molecule has 1 rings (SSSR count). The lowest BCUT2D eigenvalue weighted by Crippen LogP contribution is -2.40. The summed E-state index contributed by atoms with van der Waals surface area (Å²) in [6.45, 7) is 4.80. The van der Waals surface area contributed by atoms with Gasteiger partial charge in [0.15, 0.2) is 0 Å². The summed E-state index contributed by atoms with van der Waals surface area (Å²) in [5, 5.41) is 3.18. The van der Waals surface area contributed by atoms with E-state index in [-0.39, 0.29) is 12.4 Å². The number of hydrogen-bond donors (Lipinski definition) is 1. The van der Waals surface area contributed by atoms with Gasteiger partial charge in [0.1, 0.15) is 0 Å². The van der Waals surface area contributed by atoms with Crippen LogP contribution in [0.15, 0.2) is 12.7 Å². The summed E-state index contributed by atoms with van der Waals surface area (Å²) in [7, 11) is 0. The highest BCUT2D eigenvalue weighted by Crippen LogP contribution is 1.99. The number of rotatable bonds is 1. The molecule has 7 heavy (non-hydrogen) atoms. The third-order valence-corrected chi connectivity index (χ3v) is 1.15. The normalized spacial score (nSPS) is 27.1. The predicted molar refractivity (Wildman–Crippen MR) is 33.9 cm³/mol. The Balaban J connectivity index is 0.000000360. The SMILES string of the molecule is C=CC1CCN1.Cl. The van der Waals surface area contributed by atoms with Gasteiger partial charge < -0.3 is 5.32 Å². The average Bonchev–Trinajstić information content (AvgIpc) is 1.31. The Morgan fingerprint density at radius 2 is 2.29 bits per heavy atom. The fourth-order valence-corrected chi connectivity index (χ4v) is 0.512. The van der Waals surface area contributed by atoms with Gasteiger partial charge in [-0.25, -0.2) is 0 Å². The molecule has 1 N–H and O–H groups in total. The molecular weight excluding hydrogens is 110 g/mol. The molecule has 0 aromatic carbocycles. The van der Waals surface area contributed by atoms with Crippen LogP contribution >= 0.6 is 12.4 Å². The molecule has 1 nitrogen and oxygen atoms in total. The van der Waals surface area contributed by atoms with Crippen LogP contribution in [0.3, 0.4) is 0 Å². The van der Waals surface area contributed by atoms with E-state index in [0.29, 0.717) is 6.04 Å². The smallest absolute Gasteiger partial charge is 0.0259 e. The van der Waals surface area contributed by atoms with Crippen molar-refractivity contribution in [2.24, 2.45) is 0 Å². The van der Waals surface area contributed by atoms with Crippen molar-refractivity contribution in [3.63, 3.8) is 0 Å². The van der Waals surface area contributed by atoms with Crippen LogP contribution in [0.2, 0.25) is 0 Å². The standard InChI is InChI=1S/C5H9N.ClH/c1-2-5-3-4-6-5;/h2,5-6H,1,3-4H2;1H. The van der Waals surface area contributed by atoms with Gasteiger partial charge in [-0.15, -0.1) is 19.0 Å². The Labute approximate surface area is 50.2 Å². The van der Waals surface area contributed by atoms with E-state index in [1.165, 1.54) is 13.0 Å². The molecular formula is C5H10ClN. The summed E-state index contributed by atoms with van der Waals surface area (Å²) in [5.41, 5.74) is 0. The largest absolute Gasteiger partial charge is 0.310 e. The van der Waals surface area contributed by atoms with Crippen molar-refractivity contribution in [2.45, 2.75) is 12.5 Å². The summed E-state index contributed by atoms with van der Waals surface area (Å²) >= 11 is 0. The third kappa shape index (κ3) is 1.49. The highest BCUT2D eigenvalue weighted by molar-refractivity contribution is 5.85. The van der Waals surface area contributed by atoms with Gasteiger partial charge in [-0.2, -0.15) is 0 Å². The van der Waals surface area contributed by atoms with Crippen molar-refractivity contribution in [1.82, 2.24) is 5.32 Å². The molecule has 1 saturated heterocycles. The van der Waals surface area contributed by atoms with E-state index in [2.05, 4.69) is 11.9 Å². The number of nitrogens with one attached hydrogen (secondary N) is 1. The minimum atomic E-state index is 0. The van der Waals surface area contributed by atoms with Crippen LogP contribution in [0.1, 0.15) is 6.42 Å². The quantitative estimate of drug-likeness (QED) is 0.507. The maximum Gasteiger partial charge on any atom is 0.0259 e. The van der Waals surface area contributed by atoms with Crippen molar-refractivity contribution in [3.8, 4) is 0 Å². The molecule has 1 unspecified atom stereocenters. The molecule has 0 bridgehead atoms. The maximum atomic E-state index is 3.62. The van der Waals surface area contributed by atoms with Crippen LogP contribution in [0.25, 0.3) is 0 Å². The van der Waals surface area contributed by atoms with Crippen LogP contribution in [-0.2, 0) is 0 Å². The van der Waals surface area contributed by atoms with Gasteiger partial charge in [0.05, 0.1) is 0 Å². The second-order valence-corrected chi connectivity index (χ2v) is 1.58. The lowest BCUT2D eigenvalue weighted by Gasteiger charge is -2.23. The molecule has 42 valence electrons. The van der Waals surface area contributed by atoms with Gasteiger partial charge in [-0.05, 0) is 13.0 Å². The van der Waals surface area contributed by atoms with Crippen molar-refractivity contribution in [3.05, 3.63) is 12.7 Å². The van der Waals surface area contributed by atoms with E-state index in [4.69, 9.17) is 0 Å². The van der Waals surface area contributed by atoms with Gasteiger partial charge in [-0.3, -0.25) is 0 Å². The van der Waals surface area contributed by atoms with E-state index in [1.54, 1.807) is 0 Å². The van der Waals surface area contributed by atoms with E-state index >= 15 is 0 Å². The molecule has 0 aromatic heterocycles. The first-order chi connectivity index (χ1) is 2.93. The molecule has 1 heterocycles. The van der Waals surface area contributed by atoms with E-state index in [0.717, 1.165) is 0 Å². The second-order valence-electron chi connectivity index (χ2n) is 1.58. The lowest BCUT2D eigenvalue weighted by molar-refractivity contribution is 0.437. The first-order valence-electron chi connectivity index (χ1n) is 2.29. The molecule has 0 amide bonds. The topological polar surface area (TPSA) is 12.0 Å². The van der Waals surface area contributed by atoms with Crippen molar-refractivity contribution < 1.29 is 0 Å². The Bertz CT molecular complexity index is 59.1. The minimum absolute atomic E-state index is 0. The predicted octanol–water partition coefficient (Wildman–Crippen LogP) is 0.956. The average molecular weight is 120 g/mol. The Morgan fingerprint density at radius 3 is 2.29 bits per heavy atom. The Morgan fingerprint density at radius 1 is 1.71 bits per heavy atom. The molecule has 0 aromatic rings. The first kappa shape index (κ1) is 6.99. The molecule has 0 saturated carbocycles. The molecule has 1 aliphatic rings. The monoisotopic (exact) mass is 119 g/mol. The summed E-state index contributed by atoms with van der Waals surface area (Å²) in [5.74, 6) is 0. The van der Waals surface area contributed by atoms with Crippen LogP contribution in [0.5, 0.6) is 0 Å². The van der Waals surface area contributed by atoms with Gasteiger partial charge in [0, 0.05) is 6.04 Å². The fourth-order valence-electron chi connectivity index (χ4n) is 0.512. The first-order valence-corrected chi connectivity index (χ1v) is 2.29. The zero-order chi connectivity index (χ0) is 4.41. The molecule has 0 spiro atoms. The van der Waals surface area contributed by atoms with Crippen molar-refractivity contribution in [1.29, 1.82) is 0 Å². The van der Waals surface area contributed by atoms with Crippen LogP contribution in [0.4, 0.5) is 0 Å². The van der Waals surface area contributed by atoms with Crippen LogP contribution in [-0.4, -0.2) is 12.6 Å².